The van der Waals surface area contributed by atoms with E-state index in [9.17, 15) is 27.9 Å². The molecule has 0 bridgehead atoms. The van der Waals surface area contributed by atoms with Crippen molar-refractivity contribution in [2.75, 3.05) is 0 Å². The van der Waals surface area contributed by atoms with Crippen molar-refractivity contribution in [2.24, 2.45) is 0 Å². The number of hydrogen-bond donors (Lipinski definition) is 4. The summed E-state index contributed by atoms with van der Waals surface area (Å²) in [5.74, 6) is -2.00. The number of aliphatic hydroxyl groups is 1. The Hall–Kier alpha value is -2.20. The van der Waals surface area contributed by atoms with Crippen LogP contribution in [0.1, 0.15) is 23.0 Å². The molecule has 0 aliphatic carbocycles. The molecule has 10 heteroatoms. The molecule has 0 aliphatic heterocycles. The van der Waals surface area contributed by atoms with E-state index in [-0.39, 0.29) is 5.56 Å². The van der Waals surface area contributed by atoms with E-state index in [0.29, 0.717) is 12.3 Å². The largest absolute Gasteiger partial charge is 0.433 e. The minimum atomic E-state index is -4.63. The highest BCUT2D eigenvalue weighted by Crippen LogP contribution is 2.27. The van der Waals surface area contributed by atoms with Gasteiger partial charge in [-0.05, 0) is 19.1 Å². The quantitative estimate of drug-likeness (QED) is 0.465. The molecule has 0 aliphatic rings. The van der Waals surface area contributed by atoms with Crippen LogP contribution in [0.2, 0.25) is 0 Å². The van der Waals surface area contributed by atoms with E-state index in [1.807, 2.05) is 0 Å². The summed E-state index contributed by atoms with van der Waals surface area (Å²) < 4.78 is 36.9. The van der Waals surface area contributed by atoms with Crippen molar-refractivity contribution in [1.29, 1.82) is 0 Å². The van der Waals surface area contributed by atoms with Crippen LogP contribution in [0.4, 0.5) is 13.2 Å². The molecule has 1 aromatic heterocycles. The minimum Gasteiger partial charge on any atom is -0.391 e. The Morgan fingerprint density at radius 3 is 2.33 bits per heavy atom. The van der Waals surface area contributed by atoms with Crippen LogP contribution in [-0.4, -0.2) is 39.3 Å². The molecule has 2 atom stereocenters. The molecule has 2 amide bonds. The van der Waals surface area contributed by atoms with Gasteiger partial charge in [0.2, 0.25) is 0 Å². The Bertz CT molecular complexity index is 516. The molecular formula is C11H12F3N3O4. The van der Waals surface area contributed by atoms with Gasteiger partial charge in [-0.3, -0.25) is 19.8 Å². The molecular weight excluding hydrogens is 295 g/mol. The van der Waals surface area contributed by atoms with Crippen molar-refractivity contribution < 1.29 is 33.1 Å². The van der Waals surface area contributed by atoms with Gasteiger partial charge in [0.1, 0.15) is 11.7 Å². The number of rotatable bonds is 4. The van der Waals surface area contributed by atoms with Crippen molar-refractivity contribution in [2.45, 2.75) is 25.2 Å². The molecule has 1 rings (SSSR count). The van der Waals surface area contributed by atoms with Crippen LogP contribution in [0.3, 0.4) is 0 Å². The Morgan fingerprint density at radius 2 is 1.95 bits per heavy atom. The number of pyridine rings is 1. The van der Waals surface area contributed by atoms with Gasteiger partial charge < -0.3 is 10.4 Å². The first-order valence-electron chi connectivity index (χ1n) is 5.63. The highest BCUT2D eigenvalue weighted by atomic mass is 19.4. The normalized spacial score (nSPS) is 14.2. The predicted molar refractivity (Wildman–Crippen MR) is 62.1 cm³/mol. The lowest BCUT2D eigenvalue weighted by Crippen LogP contribution is -2.51. The van der Waals surface area contributed by atoms with E-state index in [1.165, 1.54) is 12.4 Å². The Balaban J connectivity index is 2.86. The summed E-state index contributed by atoms with van der Waals surface area (Å²) in [6, 6.07) is 0.0178. The van der Waals surface area contributed by atoms with Crippen LogP contribution in [0.15, 0.2) is 18.3 Å². The summed E-state index contributed by atoms with van der Waals surface area (Å²) >= 11 is 0. The Morgan fingerprint density at radius 1 is 1.33 bits per heavy atom. The van der Waals surface area contributed by atoms with Crippen molar-refractivity contribution in [3.8, 4) is 0 Å². The third kappa shape index (κ3) is 4.39. The standard InChI is InChI=1S/C11H12F3N3O4/c1-5(18)8(10(20)17-21)16-9(19)6-2-3-7(15-4-6)11(12,13)14/h2-5,8,18,21H,1H3,(H,16,19)(H,17,20). The van der Waals surface area contributed by atoms with Crippen LogP contribution in [-0.2, 0) is 11.0 Å². The molecule has 1 aromatic rings. The van der Waals surface area contributed by atoms with Gasteiger partial charge in [-0.15, -0.1) is 0 Å². The number of hydrogen-bond acceptors (Lipinski definition) is 5. The second-order valence-electron chi connectivity index (χ2n) is 4.10. The van der Waals surface area contributed by atoms with Gasteiger partial charge in [-0.1, -0.05) is 0 Å². The maximum absolute atomic E-state index is 12.3. The summed E-state index contributed by atoms with van der Waals surface area (Å²) in [6.45, 7) is 1.19. The monoisotopic (exact) mass is 307 g/mol. The number of nitrogens with zero attached hydrogens (tertiary/aromatic N) is 1. The average Bonchev–Trinajstić information content (AvgIpc) is 2.42. The highest BCUT2D eigenvalue weighted by molar-refractivity contribution is 5.97. The maximum Gasteiger partial charge on any atom is 0.433 e. The van der Waals surface area contributed by atoms with Gasteiger partial charge in [-0.2, -0.15) is 13.2 Å². The number of alkyl halides is 3. The molecule has 0 spiro atoms. The molecule has 0 radical (unpaired) electrons. The predicted octanol–water partition coefficient (Wildman–Crippen LogP) is 0.0850. The number of aromatic nitrogens is 1. The van der Waals surface area contributed by atoms with Crippen LogP contribution in [0.5, 0.6) is 0 Å². The first-order valence-corrected chi connectivity index (χ1v) is 5.63. The molecule has 0 fully saturated rings. The third-order valence-electron chi connectivity index (χ3n) is 2.48. The topological polar surface area (TPSA) is 112 Å². The molecule has 7 nitrogen and oxygen atoms in total. The van der Waals surface area contributed by atoms with Gasteiger partial charge in [0.05, 0.1) is 11.7 Å². The van der Waals surface area contributed by atoms with Crippen molar-refractivity contribution in [3.63, 3.8) is 0 Å². The Labute approximate surface area is 116 Å². The summed E-state index contributed by atoms with van der Waals surface area (Å²) in [7, 11) is 0. The van der Waals surface area contributed by atoms with E-state index in [0.717, 1.165) is 6.07 Å². The van der Waals surface area contributed by atoms with Gasteiger partial charge in [0.15, 0.2) is 0 Å². The first-order chi connectivity index (χ1) is 9.66. The van der Waals surface area contributed by atoms with Gasteiger partial charge in [0.25, 0.3) is 11.8 Å². The summed E-state index contributed by atoms with van der Waals surface area (Å²) in [5, 5.41) is 19.8. The van der Waals surface area contributed by atoms with Crippen LogP contribution in [0.25, 0.3) is 0 Å². The first kappa shape index (κ1) is 16.9. The smallest absolute Gasteiger partial charge is 0.391 e. The summed E-state index contributed by atoms with van der Waals surface area (Å²) in [6.07, 6.45) is -5.27. The number of aliphatic hydroxyl groups excluding tert-OH is 1. The molecule has 116 valence electrons. The SMILES string of the molecule is CC(O)C(NC(=O)c1ccc(C(F)(F)F)nc1)C(=O)NO. The highest BCUT2D eigenvalue weighted by Gasteiger charge is 2.32. The fraction of sp³-hybridized carbons (Fsp3) is 0.364. The summed E-state index contributed by atoms with van der Waals surface area (Å²) in [5.41, 5.74) is -0.150. The number of nitrogens with one attached hydrogen (secondary N) is 2. The lowest BCUT2D eigenvalue weighted by atomic mass is 10.1. The molecule has 0 saturated heterocycles. The lowest BCUT2D eigenvalue weighted by Gasteiger charge is -2.19. The molecule has 4 N–H and O–H groups in total. The van der Waals surface area contributed by atoms with Crippen LogP contribution >= 0.6 is 0 Å². The zero-order valence-electron chi connectivity index (χ0n) is 10.7. The van der Waals surface area contributed by atoms with E-state index in [1.54, 1.807) is 0 Å². The number of amides is 2. The van der Waals surface area contributed by atoms with E-state index < -0.39 is 35.8 Å². The molecule has 1 heterocycles. The second kappa shape index (κ2) is 6.50. The average molecular weight is 307 g/mol. The van der Waals surface area contributed by atoms with E-state index >= 15 is 0 Å². The Kier molecular flexibility index (Phi) is 5.22. The molecule has 21 heavy (non-hydrogen) atoms. The second-order valence-corrected chi connectivity index (χ2v) is 4.10. The molecule has 2 unspecified atom stereocenters. The lowest BCUT2D eigenvalue weighted by molar-refractivity contribution is -0.141. The third-order valence-corrected chi connectivity index (χ3v) is 2.48. The van der Waals surface area contributed by atoms with E-state index in [4.69, 9.17) is 5.21 Å². The number of hydroxylamine groups is 1. The maximum atomic E-state index is 12.3. The fourth-order valence-electron chi connectivity index (χ4n) is 1.40. The van der Waals surface area contributed by atoms with Gasteiger partial charge >= 0.3 is 6.18 Å². The van der Waals surface area contributed by atoms with Crippen LogP contribution in [0, 0.1) is 0 Å². The number of carbonyl (C=O) groups is 2. The zero-order chi connectivity index (χ0) is 16.2. The van der Waals surface area contributed by atoms with Gasteiger partial charge in [0, 0.05) is 6.20 Å². The fourth-order valence-corrected chi connectivity index (χ4v) is 1.40. The molecule has 0 saturated carbocycles. The van der Waals surface area contributed by atoms with Gasteiger partial charge in [-0.25, -0.2) is 5.48 Å². The van der Waals surface area contributed by atoms with Crippen molar-refractivity contribution >= 4 is 11.8 Å². The minimum absolute atomic E-state index is 0.237. The van der Waals surface area contributed by atoms with Crippen molar-refractivity contribution in [1.82, 2.24) is 15.8 Å². The number of halogens is 3. The summed E-state index contributed by atoms with van der Waals surface area (Å²) in [4.78, 5) is 26.0. The van der Waals surface area contributed by atoms with E-state index in [2.05, 4.69) is 10.3 Å². The van der Waals surface area contributed by atoms with Crippen LogP contribution < -0.4 is 10.8 Å². The molecule has 0 aromatic carbocycles. The van der Waals surface area contributed by atoms with Crippen molar-refractivity contribution in [3.05, 3.63) is 29.6 Å². The number of carbonyl (C=O) groups excluding carboxylic acids is 2. The zero-order valence-corrected chi connectivity index (χ0v) is 10.7.